The van der Waals surface area contributed by atoms with E-state index in [1.54, 1.807) is 0 Å². The van der Waals surface area contributed by atoms with Crippen LogP contribution in [-0.4, -0.2) is 32.7 Å². The Labute approximate surface area is 141 Å². The van der Waals surface area contributed by atoms with Crippen LogP contribution in [0.1, 0.15) is 43.0 Å². The lowest BCUT2D eigenvalue weighted by molar-refractivity contribution is 0.119. The molecule has 0 bridgehead atoms. The van der Waals surface area contributed by atoms with Crippen molar-refractivity contribution in [3.05, 3.63) is 53.9 Å². The number of piperidine rings is 1. The maximum absolute atomic E-state index is 5.70. The van der Waals surface area contributed by atoms with E-state index in [2.05, 4.69) is 51.3 Å². The lowest BCUT2D eigenvalue weighted by atomic mass is 9.89. The molecule has 1 aliphatic heterocycles. The second-order valence-electron chi connectivity index (χ2n) is 6.61. The van der Waals surface area contributed by atoms with Crippen LogP contribution in [-0.2, 0) is 6.54 Å². The van der Waals surface area contributed by atoms with Gasteiger partial charge in [-0.2, -0.15) is 0 Å². The Hall–Kier alpha value is -2.27. The first kappa shape index (κ1) is 15.3. The molecule has 1 saturated heterocycles. The van der Waals surface area contributed by atoms with Gasteiger partial charge in [0.1, 0.15) is 0 Å². The minimum atomic E-state index is 0.308. The van der Waals surface area contributed by atoms with Crippen LogP contribution < -0.4 is 0 Å². The molecule has 0 amide bonds. The van der Waals surface area contributed by atoms with Crippen LogP contribution in [0.2, 0.25) is 0 Å². The van der Waals surface area contributed by atoms with Gasteiger partial charge in [0.2, 0.25) is 11.8 Å². The third kappa shape index (κ3) is 2.80. The second-order valence-corrected chi connectivity index (χ2v) is 6.61. The third-order valence-electron chi connectivity index (χ3n) is 5.07. The highest BCUT2D eigenvalue weighted by atomic mass is 16.4. The van der Waals surface area contributed by atoms with Gasteiger partial charge in [0.05, 0.1) is 11.4 Å². The van der Waals surface area contributed by atoms with Gasteiger partial charge in [-0.05, 0) is 37.9 Å². The summed E-state index contributed by atoms with van der Waals surface area (Å²) in [6.45, 7) is 6.11. The highest BCUT2D eigenvalue weighted by Crippen LogP contribution is 2.33. The topological polar surface area (TPSA) is 55.1 Å². The van der Waals surface area contributed by atoms with Crippen LogP contribution in [0.4, 0.5) is 0 Å². The van der Waals surface area contributed by atoms with E-state index in [1.807, 2.05) is 19.2 Å². The Bertz CT molecular complexity index is 839. The highest BCUT2D eigenvalue weighted by molar-refractivity contribution is 5.81. The van der Waals surface area contributed by atoms with Crippen LogP contribution in [0, 0.1) is 6.92 Å². The van der Waals surface area contributed by atoms with E-state index >= 15 is 0 Å². The Balaban J connectivity index is 1.59. The molecule has 5 heteroatoms. The fourth-order valence-corrected chi connectivity index (χ4v) is 3.74. The van der Waals surface area contributed by atoms with Crippen molar-refractivity contribution < 1.29 is 4.42 Å². The zero-order chi connectivity index (χ0) is 16.5. The van der Waals surface area contributed by atoms with E-state index in [4.69, 9.17) is 4.42 Å². The van der Waals surface area contributed by atoms with E-state index in [0.29, 0.717) is 17.9 Å². The molecule has 0 N–H and O–H groups in total. The van der Waals surface area contributed by atoms with Gasteiger partial charge in [0, 0.05) is 31.1 Å². The number of pyridine rings is 1. The number of fused-ring (bicyclic) bond motifs is 1. The standard InChI is InChI=1S/C19H22N4O/c1-13-17(19-22-21-14(2)24-19)9-5-11-23(13)12-16-7-3-6-15-8-4-10-20-18(15)16/h3-4,6-8,10,13,17H,5,9,11-12H2,1-2H3/t13-,17-/m0/s1. The molecule has 1 aliphatic rings. The normalized spacial score (nSPS) is 22.1. The zero-order valence-electron chi connectivity index (χ0n) is 14.1. The summed E-state index contributed by atoms with van der Waals surface area (Å²) >= 11 is 0. The van der Waals surface area contributed by atoms with Crippen molar-refractivity contribution in [2.75, 3.05) is 6.54 Å². The SMILES string of the molecule is Cc1nnc([C@H]2CCCN(Cc3cccc4cccnc34)[C@H]2C)o1. The number of hydrogen-bond donors (Lipinski definition) is 0. The number of aryl methyl sites for hydroxylation is 1. The summed E-state index contributed by atoms with van der Waals surface area (Å²) in [5, 5.41) is 9.45. The molecule has 0 unspecified atom stereocenters. The summed E-state index contributed by atoms with van der Waals surface area (Å²) in [6, 6.07) is 10.9. The summed E-state index contributed by atoms with van der Waals surface area (Å²) < 4.78 is 5.70. The Kier molecular flexibility index (Phi) is 4.02. The van der Waals surface area contributed by atoms with E-state index in [1.165, 1.54) is 10.9 Å². The molecule has 0 spiro atoms. The quantitative estimate of drug-likeness (QED) is 0.736. The van der Waals surface area contributed by atoms with Crippen molar-refractivity contribution in [1.29, 1.82) is 0 Å². The average Bonchev–Trinajstić information content (AvgIpc) is 3.03. The molecule has 1 fully saturated rings. The monoisotopic (exact) mass is 322 g/mol. The average molecular weight is 322 g/mol. The second kappa shape index (κ2) is 6.32. The lowest BCUT2D eigenvalue weighted by Gasteiger charge is -2.38. The van der Waals surface area contributed by atoms with Crippen molar-refractivity contribution in [3.63, 3.8) is 0 Å². The molecule has 0 radical (unpaired) electrons. The maximum Gasteiger partial charge on any atom is 0.221 e. The van der Waals surface area contributed by atoms with Crippen LogP contribution in [0.25, 0.3) is 10.9 Å². The van der Waals surface area contributed by atoms with E-state index in [-0.39, 0.29) is 0 Å². The van der Waals surface area contributed by atoms with Crippen LogP contribution >= 0.6 is 0 Å². The molecule has 1 aromatic carbocycles. The Morgan fingerprint density at radius 3 is 2.92 bits per heavy atom. The predicted molar refractivity (Wildman–Crippen MR) is 92.6 cm³/mol. The predicted octanol–water partition coefficient (Wildman–Crippen LogP) is 3.69. The minimum absolute atomic E-state index is 0.308. The van der Waals surface area contributed by atoms with Gasteiger partial charge in [-0.15, -0.1) is 10.2 Å². The largest absolute Gasteiger partial charge is 0.425 e. The number of likely N-dealkylation sites (tertiary alicyclic amines) is 1. The summed E-state index contributed by atoms with van der Waals surface area (Å²) in [7, 11) is 0. The first-order valence-corrected chi connectivity index (χ1v) is 8.59. The summed E-state index contributed by atoms with van der Waals surface area (Å²) in [4.78, 5) is 7.10. The highest BCUT2D eigenvalue weighted by Gasteiger charge is 2.32. The third-order valence-corrected chi connectivity index (χ3v) is 5.07. The van der Waals surface area contributed by atoms with Crippen LogP contribution in [0.5, 0.6) is 0 Å². The first-order valence-electron chi connectivity index (χ1n) is 8.59. The number of rotatable bonds is 3. The van der Waals surface area contributed by atoms with Gasteiger partial charge in [-0.1, -0.05) is 24.3 Å². The number of aromatic nitrogens is 3. The van der Waals surface area contributed by atoms with Crippen LogP contribution in [0.3, 0.4) is 0 Å². The Morgan fingerprint density at radius 2 is 2.08 bits per heavy atom. The molecular weight excluding hydrogens is 300 g/mol. The van der Waals surface area contributed by atoms with E-state index < -0.39 is 0 Å². The van der Waals surface area contributed by atoms with Crippen LogP contribution in [0.15, 0.2) is 40.9 Å². The number of hydrogen-bond acceptors (Lipinski definition) is 5. The molecule has 4 rings (SSSR count). The Morgan fingerprint density at radius 1 is 1.21 bits per heavy atom. The minimum Gasteiger partial charge on any atom is -0.425 e. The van der Waals surface area contributed by atoms with Crippen molar-refractivity contribution in [2.24, 2.45) is 0 Å². The number of nitrogens with zero attached hydrogens (tertiary/aromatic N) is 4. The van der Waals surface area contributed by atoms with Crippen molar-refractivity contribution in [3.8, 4) is 0 Å². The maximum atomic E-state index is 5.70. The van der Waals surface area contributed by atoms with Gasteiger partial charge >= 0.3 is 0 Å². The fraction of sp³-hybridized carbons (Fsp3) is 0.421. The van der Waals surface area contributed by atoms with Gasteiger partial charge in [0.25, 0.3) is 0 Å². The molecule has 2 aromatic heterocycles. The van der Waals surface area contributed by atoms with Gasteiger partial charge < -0.3 is 4.42 Å². The molecular formula is C19H22N4O. The molecule has 3 aromatic rings. The fourth-order valence-electron chi connectivity index (χ4n) is 3.74. The van der Waals surface area contributed by atoms with Gasteiger partial charge in [-0.25, -0.2) is 0 Å². The summed E-state index contributed by atoms with van der Waals surface area (Å²) in [5.74, 6) is 1.73. The van der Waals surface area contributed by atoms with E-state index in [0.717, 1.165) is 37.3 Å². The van der Waals surface area contributed by atoms with Gasteiger partial charge in [0.15, 0.2) is 0 Å². The number of benzene rings is 1. The molecule has 5 nitrogen and oxygen atoms in total. The molecule has 124 valence electrons. The smallest absolute Gasteiger partial charge is 0.221 e. The lowest BCUT2D eigenvalue weighted by Crippen LogP contribution is -2.41. The molecule has 2 atom stereocenters. The molecule has 3 heterocycles. The van der Waals surface area contributed by atoms with Gasteiger partial charge in [-0.3, -0.25) is 9.88 Å². The molecule has 0 aliphatic carbocycles. The van der Waals surface area contributed by atoms with Crippen molar-refractivity contribution in [2.45, 2.75) is 45.2 Å². The molecule has 0 saturated carbocycles. The molecule has 24 heavy (non-hydrogen) atoms. The zero-order valence-corrected chi connectivity index (χ0v) is 14.1. The number of para-hydroxylation sites is 1. The van der Waals surface area contributed by atoms with E-state index in [9.17, 15) is 0 Å². The van der Waals surface area contributed by atoms with Crippen molar-refractivity contribution >= 4 is 10.9 Å². The summed E-state index contributed by atoms with van der Waals surface area (Å²) in [6.07, 6.45) is 4.12. The summed E-state index contributed by atoms with van der Waals surface area (Å²) in [5.41, 5.74) is 2.38. The van der Waals surface area contributed by atoms with Crippen molar-refractivity contribution in [1.82, 2.24) is 20.1 Å². The first-order chi connectivity index (χ1) is 11.7.